The SMILES string of the molecule is O=C(O)Cn1nnnc1C1C2CC3CC(C2)CC1C3. The van der Waals surface area contributed by atoms with Crippen LogP contribution in [-0.2, 0) is 11.3 Å². The topological polar surface area (TPSA) is 80.9 Å². The first-order valence-corrected chi connectivity index (χ1v) is 7.18. The van der Waals surface area contributed by atoms with Gasteiger partial charge in [-0.05, 0) is 66.2 Å². The van der Waals surface area contributed by atoms with Gasteiger partial charge in [-0.1, -0.05) is 0 Å². The first-order chi connectivity index (χ1) is 9.20. The highest BCUT2D eigenvalue weighted by molar-refractivity contribution is 5.66. The average molecular weight is 262 g/mol. The van der Waals surface area contributed by atoms with Crippen molar-refractivity contribution < 1.29 is 9.90 Å². The maximum absolute atomic E-state index is 10.9. The minimum atomic E-state index is -0.877. The summed E-state index contributed by atoms with van der Waals surface area (Å²) in [6.07, 6.45) is 6.57. The van der Waals surface area contributed by atoms with Crippen LogP contribution in [0.4, 0.5) is 0 Å². The van der Waals surface area contributed by atoms with Crippen LogP contribution in [0.15, 0.2) is 0 Å². The number of hydrogen-bond donors (Lipinski definition) is 1. The minimum Gasteiger partial charge on any atom is -0.480 e. The molecule has 102 valence electrons. The number of carboxylic acids is 1. The van der Waals surface area contributed by atoms with Crippen LogP contribution in [0, 0.1) is 23.7 Å². The summed E-state index contributed by atoms with van der Waals surface area (Å²) in [7, 11) is 0. The summed E-state index contributed by atoms with van der Waals surface area (Å²) in [4.78, 5) is 10.9. The van der Waals surface area contributed by atoms with Crippen LogP contribution < -0.4 is 0 Å². The summed E-state index contributed by atoms with van der Waals surface area (Å²) in [5.41, 5.74) is 0. The summed E-state index contributed by atoms with van der Waals surface area (Å²) in [5, 5.41) is 20.7. The highest BCUT2D eigenvalue weighted by Crippen LogP contribution is 2.59. The number of carboxylic acid groups (broad SMARTS) is 1. The van der Waals surface area contributed by atoms with Crippen LogP contribution in [0.3, 0.4) is 0 Å². The standard InChI is InChI=1S/C13H18N4O2/c18-11(19)6-17-13(14-15-16-17)12-9-2-7-1-8(4-9)5-10(12)3-7/h7-10,12H,1-6H2,(H,18,19). The van der Waals surface area contributed by atoms with Crippen molar-refractivity contribution >= 4 is 5.97 Å². The number of nitrogens with zero attached hydrogens (tertiary/aromatic N) is 4. The Bertz CT molecular complexity index is 484. The average Bonchev–Trinajstić information content (AvgIpc) is 2.75. The molecule has 6 heteroatoms. The van der Waals surface area contributed by atoms with Gasteiger partial charge >= 0.3 is 5.97 Å². The molecule has 4 aliphatic carbocycles. The Balaban J connectivity index is 1.65. The Kier molecular flexibility index (Phi) is 2.40. The van der Waals surface area contributed by atoms with Crippen molar-refractivity contribution in [2.24, 2.45) is 23.7 Å². The summed E-state index contributed by atoms with van der Waals surface area (Å²) >= 11 is 0. The van der Waals surface area contributed by atoms with E-state index in [0.29, 0.717) is 17.8 Å². The van der Waals surface area contributed by atoms with Gasteiger partial charge in [-0.25, -0.2) is 4.68 Å². The van der Waals surface area contributed by atoms with Crippen LogP contribution in [-0.4, -0.2) is 31.3 Å². The van der Waals surface area contributed by atoms with E-state index in [1.807, 2.05) is 0 Å². The maximum atomic E-state index is 10.9. The molecule has 4 saturated carbocycles. The monoisotopic (exact) mass is 262 g/mol. The molecule has 0 saturated heterocycles. The zero-order valence-electron chi connectivity index (χ0n) is 10.8. The molecule has 4 aliphatic rings. The van der Waals surface area contributed by atoms with Crippen molar-refractivity contribution in [2.45, 2.75) is 44.6 Å². The molecule has 6 nitrogen and oxygen atoms in total. The molecule has 0 spiro atoms. The Hall–Kier alpha value is -1.46. The smallest absolute Gasteiger partial charge is 0.325 e. The molecule has 0 atom stereocenters. The van der Waals surface area contributed by atoms with Crippen LogP contribution in [0.5, 0.6) is 0 Å². The van der Waals surface area contributed by atoms with Gasteiger partial charge in [-0.3, -0.25) is 4.79 Å². The number of tetrazole rings is 1. The third-order valence-electron chi connectivity index (χ3n) is 5.37. The third kappa shape index (κ3) is 1.76. The van der Waals surface area contributed by atoms with Crippen LogP contribution >= 0.6 is 0 Å². The fraction of sp³-hybridized carbons (Fsp3) is 0.846. The molecule has 5 rings (SSSR count). The molecule has 1 N–H and O–H groups in total. The van der Waals surface area contributed by atoms with E-state index in [9.17, 15) is 4.79 Å². The molecule has 0 radical (unpaired) electrons. The summed E-state index contributed by atoms with van der Waals surface area (Å²) in [5.74, 6) is 3.49. The van der Waals surface area contributed by atoms with E-state index in [1.165, 1.54) is 36.8 Å². The van der Waals surface area contributed by atoms with E-state index in [-0.39, 0.29) is 6.54 Å². The number of aliphatic carboxylic acids is 1. The fourth-order valence-electron chi connectivity index (χ4n) is 5.04. The highest BCUT2D eigenvalue weighted by atomic mass is 16.4. The molecule has 4 fully saturated rings. The van der Waals surface area contributed by atoms with E-state index >= 15 is 0 Å². The molecule has 1 heterocycles. The van der Waals surface area contributed by atoms with E-state index < -0.39 is 5.97 Å². The molecular weight excluding hydrogens is 244 g/mol. The lowest BCUT2D eigenvalue weighted by Crippen LogP contribution is -2.44. The van der Waals surface area contributed by atoms with Gasteiger partial charge in [-0.2, -0.15) is 0 Å². The molecule has 1 aromatic heterocycles. The predicted molar refractivity (Wildman–Crippen MR) is 65.2 cm³/mol. The second kappa shape index (κ2) is 4.02. The largest absolute Gasteiger partial charge is 0.480 e. The van der Waals surface area contributed by atoms with Crippen molar-refractivity contribution in [2.75, 3.05) is 0 Å². The van der Waals surface area contributed by atoms with Gasteiger partial charge in [-0.15, -0.1) is 5.10 Å². The number of carbonyl (C=O) groups is 1. The lowest BCUT2D eigenvalue weighted by Gasteiger charge is -2.53. The van der Waals surface area contributed by atoms with Crippen molar-refractivity contribution in [1.82, 2.24) is 20.2 Å². The Morgan fingerprint density at radius 2 is 1.79 bits per heavy atom. The lowest BCUT2D eigenvalue weighted by molar-refractivity contribution is -0.138. The predicted octanol–water partition coefficient (Wildman–Crippen LogP) is 1.30. The normalized spacial score (nSPS) is 39.7. The molecule has 1 aromatic rings. The minimum absolute atomic E-state index is 0.120. The lowest BCUT2D eigenvalue weighted by atomic mass is 9.51. The molecule has 0 amide bonds. The summed E-state index contributed by atoms with van der Waals surface area (Å²) in [6, 6.07) is 0. The van der Waals surface area contributed by atoms with Crippen LogP contribution in [0.1, 0.15) is 43.8 Å². The van der Waals surface area contributed by atoms with Crippen LogP contribution in [0.25, 0.3) is 0 Å². The molecule has 0 aliphatic heterocycles. The maximum Gasteiger partial charge on any atom is 0.325 e. The molecule has 19 heavy (non-hydrogen) atoms. The summed E-state index contributed by atoms with van der Waals surface area (Å²) in [6.45, 7) is -0.120. The van der Waals surface area contributed by atoms with Gasteiger partial charge in [0.2, 0.25) is 0 Å². The number of aromatic nitrogens is 4. The molecule has 0 aromatic carbocycles. The second-order valence-electron chi connectivity index (χ2n) is 6.54. The Morgan fingerprint density at radius 1 is 1.16 bits per heavy atom. The molecule has 4 bridgehead atoms. The first kappa shape index (κ1) is 11.4. The van der Waals surface area contributed by atoms with E-state index in [0.717, 1.165) is 17.7 Å². The van der Waals surface area contributed by atoms with Gasteiger partial charge in [0, 0.05) is 5.92 Å². The fourth-order valence-corrected chi connectivity index (χ4v) is 5.04. The van der Waals surface area contributed by atoms with Gasteiger partial charge in [0.15, 0.2) is 5.82 Å². The zero-order valence-corrected chi connectivity index (χ0v) is 10.8. The van der Waals surface area contributed by atoms with E-state index in [2.05, 4.69) is 15.5 Å². The van der Waals surface area contributed by atoms with Gasteiger partial charge in [0.25, 0.3) is 0 Å². The number of hydrogen-bond acceptors (Lipinski definition) is 4. The quantitative estimate of drug-likeness (QED) is 0.888. The third-order valence-corrected chi connectivity index (χ3v) is 5.37. The van der Waals surface area contributed by atoms with Gasteiger partial charge in [0.05, 0.1) is 0 Å². The first-order valence-electron chi connectivity index (χ1n) is 7.18. The van der Waals surface area contributed by atoms with Crippen LogP contribution in [0.2, 0.25) is 0 Å². The Morgan fingerprint density at radius 3 is 2.37 bits per heavy atom. The van der Waals surface area contributed by atoms with E-state index in [1.54, 1.807) is 0 Å². The number of rotatable bonds is 3. The Labute approximate surface area is 111 Å². The van der Waals surface area contributed by atoms with Crippen molar-refractivity contribution in [1.29, 1.82) is 0 Å². The van der Waals surface area contributed by atoms with Gasteiger partial charge < -0.3 is 5.11 Å². The molecule has 0 unspecified atom stereocenters. The van der Waals surface area contributed by atoms with Crippen molar-refractivity contribution in [3.63, 3.8) is 0 Å². The molecular formula is C13H18N4O2. The van der Waals surface area contributed by atoms with Gasteiger partial charge in [0.1, 0.15) is 6.54 Å². The summed E-state index contributed by atoms with van der Waals surface area (Å²) < 4.78 is 1.50. The van der Waals surface area contributed by atoms with Crippen molar-refractivity contribution in [3.05, 3.63) is 5.82 Å². The van der Waals surface area contributed by atoms with Crippen molar-refractivity contribution in [3.8, 4) is 0 Å². The van der Waals surface area contributed by atoms with E-state index in [4.69, 9.17) is 5.11 Å². The zero-order chi connectivity index (χ0) is 13.0. The second-order valence-corrected chi connectivity index (χ2v) is 6.54. The highest BCUT2D eigenvalue weighted by Gasteiger charge is 2.50.